The van der Waals surface area contributed by atoms with Crippen molar-refractivity contribution in [2.45, 2.75) is 51.8 Å². The Kier molecular flexibility index (Phi) is 9.18. The number of aryl methyl sites for hydroxylation is 2. The minimum absolute atomic E-state index is 0. The van der Waals surface area contributed by atoms with Crippen molar-refractivity contribution in [3.63, 3.8) is 0 Å². The maximum absolute atomic E-state index is 5.30. The van der Waals surface area contributed by atoms with Crippen LogP contribution >= 0.6 is 24.0 Å². The van der Waals surface area contributed by atoms with E-state index in [0.29, 0.717) is 12.5 Å². The summed E-state index contributed by atoms with van der Waals surface area (Å²) in [5, 5.41) is 15.4. The second-order valence-electron chi connectivity index (χ2n) is 7.75. The lowest BCUT2D eigenvalue weighted by molar-refractivity contribution is 0.177. The molecule has 0 aliphatic carbocycles. The Hall–Kier alpha value is -2.54. The van der Waals surface area contributed by atoms with Crippen molar-refractivity contribution < 1.29 is 9.26 Å². The first-order chi connectivity index (χ1) is 15.7. The van der Waals surface area contributed by atoms with Crippen LogP contribution < -0.4 is 10.6 Å². The highest BCUT2D eigenvalue weighted by atomic mass is 127. The van der Waals surface area contributed by atoms with Gasteiger partial charge in [0.1, 0.15) is 12.4 Å². The Morgan fingerprint density at radius 2 is 2.06 bits per heavy atom. The summed E-state index contributed by atoms with van der Waals surface area (Å²) in [5.74, 6) is 3.84. The van der Waals surface area contributed by atoms with E-state index in [4.69, 9.17) is 9.26 Å². The number of aliphatic imine (C=N–C) groups is 1. The Morgan fingerprint density at radius 1 is 1.24 bits per heavy atom. The van der Waals surface area contributed by atoms with Gasteiger partial charge in [-0.05, 0) is 30.5 Å². The third-order valence-electron chi connectivity index (χ3n) is 5.43. The van der Waals surface area contributed by atoms with Crippen LogP contribution in [0.4, 0.5) is 0 Å². The normalized spacial score (nSPS) is 15.6. The van der Waals surface area contributed by atoms with E-state index in [0.717, 1.165) is 67.8 Å². The number of ether oxygens (including phenoxy) is 1. The molecule has 0 bridgehead atoms. The lowest BCUT2D eigenvalue weighted by Crippen LogP contribution is -2.47. The van der Waals surface area contributed by atoms with Crippen molar-refractivity contribution in [1.29, 1.82) is 0 Å². The lowest BCUT2D eigenvalue weighted by atomic mass is 10.1. The molecule has 1 atom stereocenters. The third-order valence-corrected chi connectivity index (χ3v) is 5.43. The number of methoxy groups -OCH3 is 1. The fourth-order valence-corrected chi connectivity index (χ4v) is 3.71. The maximum Gasteiger partial charge on any atom is 0.257 e. The van der Waals surface area contributed by atoms with Crippen LogP contribution in [0.5, 0.6) is 0 Å². The van der Waals surface area contributed by atoms with Crippen molar-refractivity contribution in [3.05, 3.63) is 47.3 Å². The van der Waals surface area contributed by atoms with Crippen molar-refractivity contribution in [1.82, 2.24) is 35.5 Å². The van der Waals surface area contributed by atoms with Crippen LogP contribution in [0.25, 0.3) is 11.5 Å². The molecule has 33 heavy (non-hydrogen) atoms. The Balaban J connectivity index is 0.00000306. The average Bonchev–Trinajstić information content (AvgIpc) is 3.45. The topological polar surface area (TPSA) is 115 Å². The van der Waals surface area contributed by atoms with Crippen LogP contribution in [0.15, 0.2) is 33.8 Å². The zero-order chi connectivity index (χ0) is 22.3. The molecule has 1 aliphatic heterocycles. The standard InChI is InChI=1S/C22H30N8O2.HI/c1-4-18-27-21(32-29-18)16-7-5-15(6-8-16)11-12-24-22(23-2)25-17-9-10-20-26-19(14-31-3)28-30(20)13-17;/h5-8,17H,4,9-14H2,1-3H3,(H2,23,24,25);1H. The number of aromatic nitrogens is 5. The van der Waals surface area contributed by atoms with Crippen molar-refractivity contribution in [2.75, 3.05) is 20.7 Å². The largest absolute Gasteiger partial charge is 0.377 e. The lowest BCUT2D eigenvalue weighted by Gasteiger charge is -2.25. The number of hydrogen-bond acceptors (Lipinski definition) is 7. The fourth-order valence-electron chi connectivity index (χ4n) is 3.71. The van der Waals surface area contributed by atoms with Gasteiger partial charge in [0.25, 0.3) is 5.89 Å². The van der Waals surface area contributed by atoms with Crippen molar-refractivity contribution in [3.8, 4) is 11.5 Å². The van der Waals surface area contributed by atoms with Crippen molar-refractivity contribution >= 4 is 29.9 Å². The predicted molar refractivity (Wildman–Crippen MR) is 136 cm³/mol. The smallest absolute Gasteiger partial charge is 0.257 e. The van der Waals surface area contributed by atoms with Gasteiger partial charge in [0, 0.05) is 45.1 Å². The highest BCUT2D eigenvalue weighted by Crippen LogP contribution is 2.18. The van der Waals surface area contributed by atoms with E-state index in [1.807, 2.05) is 23.7 Å². The second kappa shape index (κ2) is 12.1. The van der Waals surface area contributed by atoms with Crippen LogP contribution in [-0.4, -0.2) is 57.6 Å². The van der Waals surface area contributed by atoms with Crippen molar-refractivity contribution in [2.24, 2.45) is 4.99 Å². The minimum atomic E-state index is 0. The quantitative estimate of drug-likeness (QED) is 0.243. The summed E-state index contributed by atoms with van der Waals surface area (Å²) in [6, 6.07) is 8.48. The Labute approximate surface area is 210 Å². The Morgan fingerprint density at radius 3 is 2.76 bits per heavy atom. The van der Waals surface area contributed by atoms with Gasteiger partial charge in [-0.1, -0.05) is 24.2 Å². The molecule has 1 aliphatic rings. The summed E-state index contributed by atoms with van der Waals surface area (Å²) in [7, 11) is 3.45. The predicted octanol–water partition coefficient (Wildman–Crippen LogP) is 2.38. The molecule has 0 saturated carbocycles. The molecule has 1 unspecified atom stereocenters. The molecule has 3 heterocycles. The molecule has 0 radical (unpaired) electrons. The first-order valence-corrected chi connectivity index (χ1v) is 11.0. The zero-order valence-corrected chi connectivity index (χ0v) is 21.6. The number of guanidine groups is 1. The van der Waals surface area contributed by atoms with E-state index in [2.05, 4.69) is 48.0 Å². The monoisotopic (exact) mass is 566 g/mol. The van der Waals surface area contributed by atoms with E-state index in [9.17, 15) is 0 Å². The molecule has 0 spiro atoms. The molecule has 10 nitrogen and oxygen atoms in total. The molecule has 11 heteroatoms. The van der Waals surface area contributed by atoms with E-state index in [-0.39, 0.29) is 30.0 Å². The first kappa shape index (κ1) is 25.1. The van der Waals surface area contributed by atoms with Gasteiger partial charge in [-0.25, -0.2) is 9.67 Å². The summed E-state index contributed by atoms with van der Waals surface area (Å²) in [6.07, 6.45) is 3.52. The number of rotatable bonds is 8. The highest BCUT2D eigenvalue weighted by Gasteiger charge is 2.22. The molecule has 1 aromatic carbocycles. The zero-order valence-electron chi connectivity index (χ0n) is 19.2. The van der Waals surface area contributed by atoms with Crippen LogP contribution in [-0.2, 0) is 37.2 Å². The van der Waals surface area contributed by atoms with Gasteiger partial charge in [0.2, 0.25) is 0 Å². The minimum Gasteiger partial charge on any atom is -0.377 e. The number of nitrogens with zero attached hydrogens (tertiary/aromatic N) is 6. The van der Waals surface area contributed by atoms with Gasteiger partial charge < -0.3 is 19.9 Å². The van der Waals surface area contributed by atoms with Gasteiger partial charge in [0.15, 0.2) is 17.6 Å². The van der Waals surface area contributed by atoms with Gasteiger partial charge in [-0.15, -0.1) is 24.0 Å². The van der Waals surface area contributed by atoms with Gasteiger partial charge >= 0.3 is 0 Å². The van der Waals surface area contributed by atoms with Crippen LogP contribution in [0.1, 0.15) is 36.4 Å². The molecular formula is C22H31IN8O2. The van der Waals surface area contributed by atoms with E-state index >= 15 is 0 Å². The van der Waals surface area contributed by atoms with Gasteiger partial charge in [-0.2, -0.15) is 10.1 Å². The summed E-state index contributed by atoms with van der Waals surface area (Å²) < 4.78 is 12.4. The first-order valence-electron chi connectivity index (χ1n) is 11.0. The van der Waals surface area contributed by atoms with Gasteiger partial charge in [0.05, 0.1) is 6.54 Å². The molecule has 3 aromatic rings. The number of halogens is 1. The van der Waals surface area contributed by atoms with Gasteiger partial charge in [-0.3, -0.25) is 4.99 Å². The van der Waals surface area contributed by atoms with Crippen LogP contribution in [0, 0.1) is 0 Å². The molecule has 2 aromatic heterocycles. The number of fused-ring (bicyclic) bond motifs is 1. The summed E-state index contributed by atoms with van der Waals surface area (Å²) in [4.78, 5) is 13.3. The Bertz CT molecular complexity index is 1050. The summed E-state index contributed by atoms with van der Waals surface area (Å²) >= 11 is 0. The average molecular weight is 566 g/mol. The molecule has 178 valence electrons. The summed E-state index contributed by atoms with van der Waals surface area (Å²) in [5.41, 5.74) is 2.16. The fraction of sp³-hybridized carbons (Fsp3) is 0.500. The third kappa shape index (κ3) is 6.50. The van der Waals surface area contributed by atoms with Crippen LogP contribution in [0.2, 0.25) is 0 Å². The highest BCUT2D eigenvalue weighted by molar-refractivity contribution is 14.0. The molecular weight excluding hydrogens is 535 g/mol. The van der Waals surface area contributed by atoms with E-state index in [1.165, 1.54) is 5.56 Å². The molecule has 2 N–H and O–H groups in total. The second-order valence-corrected chi connectivity index (χ2v) is 7.75. The number of hydrogen-bond donors (Lipinski definition) is 2. The van der Waals surface area contributed by atoms with E-state index < -0.39 is 0 Å². The summed E-state index contributed by atoms with van der Waals surface area (Å²) in [6.45, 7) is 3.99. The van der Waals surface area contributed by atoms with E-state index in [1.54, 1.807) is 14.2 Å². The number of nitrogens with one attached hydrogen (secondary N) is 2. The molecule has 0 saturated heterocycles. The molecule has 0 fully saturated rings. The molecule has 4 rings (SSSR count). The molecule has 0 amide bonds. The number of benzene rings is 1. The maximum atomic E-state index is 5.30. The SMILES string of the molecule is CCc1noc(-c2ccc(CCNC(=NC)NC3CCc4nc(COC)nn4C3)cc2)n1.I. The van der Waals surface area contributed by atoms with Crippen LogP contribution in [0.3, 0.4) is 0 Å².